The summed E-state index contributed by atoms with van der Waals surface area (Å²) < 4.78 is 0. The van der Waals surface area contributed by atoms with E-state index in [1.165, 1.54) is 0 Å². The van der Waals surface area contributed by atoms with Crippen LogP contribution in [0.15, 0.2) is 60.7 Å². The highest BCUT2D eigenvalue weighted by atomic mass is 32.1. The quantitative estimate of drug-likeness (QED) is 0.498. The number of anilines is 1. The number of rotatable bonds is 4. The van der Waals surface area contributed by atoms with E-state index < -0.39 is 0 Å². The van der Waals surface area contributed by atoms with Crippen LogP contribution < -0.4 is 21.5 Å². The van der Waals surface area contributed by atoms with Crippen molar-refractivity contribution in [1.82, 2.24) is 16.2 Å². The largest absolute Gasteiger partial charge is 0.331 e. The zero-order valence-electron chi connectivity index (χ0n) is 12.9. The topological polar surface area (TPSA) is 65.2 Å². The van der Waals surface area contributed by atoms with Crippen molar-refractivity contribution < 1.29 is 4.79 Å². The SMILES string of the molecule is O=C(CCc1ccccc1)NC(=S)NNC(=S)Nc1ccccc1. The van der Waals surface area contributed by atoms with E-state index in [1.54, 1.807) is 0 Å². The lowest BCUT2D eigenvalue weighted by Gasteiger charge is -2.13. The highest BCUT2D eigenvalue weighted by Crippen LogP contribution is 2.04. The molecule has 0 radical (unpaired) electrons. The molecule has 0 aliphatic rings. The standard InChI is InChI=1S/C17H18N4OS2/c22-15(12-11-13-7-3-1-4-8-13)19-17(24)21-20-16(23)18-14-9-5-2-6-10-14/h1-10H,11-12H2,(H2,18,20,23)(H2,19,21,22,24). The van der Waals surface area contributed by atoms with E-state index in [9.17, 15) is 4.79 Å². The molecule has 124 valence electrons. The van der Waals surface area contributed by atoms with Gasteiger partial charge in [-0.3, -0.25) is 15.6 Å². The molecule has 0 saturated heterocycles. The molecule has 1 amide bonds. The molecular formula is C17H18N4OS2. The lowest BCUT2D eigenvalue weighted by molar-refractivity contribution is -0.119. The first-order valence-corrected chi connectivity index (χ1v) is 8.21. The Hall–Kier alpha value is -2.51. The third-order valence-corrected chi connectivity index (χ3v) is 3.47. The maximum absolute atomic E-state index is 11.8. The van der Waals surface area contributed by atoms with Crippen molar-refractivity contribution in [3.05, 3.63) is 66.2 Å². The van der Waals surface area contributed by atoms with Gasteiger partial charge in [0.15, 0.2) is 10.2 Å². The summed E-state index contributed by atoms with van der Waals surface area (Å²) in [6.07, 6.45) is 1.02. The number of hydrogen-bond donors (Lipinski definition) is 4. The monoisotopic (exact) mass is 358 g/mol. The second kappa shape index (κ2) is 9.59. The van der Waals surface area contributed by atoms with Crippen LogP contribution in [0.5, 0.6) is 0 Å². The molecule has 0 fully saturated rings. The van der Waals surface area contributed by atoms with E-state index in [-0.39, 0.29) is 11.0 Å². The third kappa shape index (κ3) is 6.72. The first-order chi connectivity index (χ1) is 11.6. The normalized spacial score (nSPS) is 9.67. The minimum Gasteiger partial charge on any atom is -0.331 e. The maximum Gasteiger partial charge on any atom is 0.226 e. The molecule has 0 heterocycles. The van der Waals surface area contributed by atoms with E-state index in [0.29, 0.717) is 18.0 Å². The van der Waals surface area contributed by atoms with Gasteiger partial charge >= 0.3 is 0 Å². The van der Waals surface area contributed by atoms with E-state index >= 15 is 0 Å². The number of hydrogen-bond acceptors (Lipinski definition) is 3. The number of thiocarbonyl (C=S) groups is 2. The molecule has 0 unspecified atom stereocenters. The molecule has 7 heteroatoms. The van der Waals surface area contributed by atoms with Crippen LogP contribution in [-0.2, 0) is 11.2 Å². The summed E-state index contributed by atoms with van der Waals surface area (Å²) >= 11 is 10.2. The second-order valence-electron chi connectivity index (χ2n) is 4.93. The Morgan fingerprint density at radius 1 is 0.833 bits per heavy atom. The maximum atomic E-state index is 11.8. The molecule has 0 aliphatic heterocycles. The van der Waals surface area contributed by atoms with Gasteiger partial charge in [0.05, 0.1) is 0 Å². The minimum absolute atomic E-state index is 0.153. The Morgan fingerprint density at radius 2 is 1.42 bits per heavy atom. The smallest absolute Gasteiger partial charge is 0.226 e. The van der Waals surface area contributed by atoms with Crippen molar-refractivity contribution in [3.63, 3.8) is 0 Å². The number of amides is 1. The predicted octanol–water partition coefficient (Wildman–Crippen LogP) is 2.51. The fraction of sp³-hybridized carbons (Fsp3) is 0.118. The summed E-state index contributed by atoms with van der Waals surface area (Å²) in [6, 6.07) is 19.3. The minimum atomic E-state index is -0.153. The zero-order valence-corrected chi connectivity index (χ0v) is 14.5. The number of nitrogens with one attached hydrogen (secondary N) is 4. The van der Waals surface area contributed by atoms with Gasteiger partial charge in [-0.05, 0) is 48.6 Å². The first-order valence-electron chi connectivity index (χ1n) is 7.39. The van der Waals surface area contributed by atoms with Crippen molar-refractivity contribution >= 4 is 46.3 Å². The van der Waals surface area contributed by atoms with E-state index in [2.05, 4.69) is 21.5 Å². The zero-order chi connectivity index (χ0) is 17.2. The van der Waals surface area contributed by atoms with Gasteiger partial charge < -0.3 is 10.6 Å². The molecule has 0 spiro atoms. The fourth-order valence-corrected chi connectivity index (χ4v) is 2.25. The van der Waals surface area contributed by atoms with E-state index in [0.717, 1.165) is 11.3 Å². The number of carbonyl (C=O) groups excluding carboxylic acids is 1. The summed E-state index contributed by atoms with van der Waals surface area (Å²) in [5.41, 5.74) is 7.37. The number of aryl methyl sites for hydroxylation is 1. The first kappa shape index (κ1) is 17.8. The Labute approximate surface area is 151 Å². The van der Waals surface area contributed by atoms with Crippen LogP contribution in [0.3, 0.4) is 0 Å². The highest BCUT2D eigenvalue weighted by molar-refractivity contribution is 7.80. The average molecular weight is 358 g/mol. The van der Waals surface area contributed by atoms with Gasteiger partial charge in [0.1, 0.15) is 0 Å². The predicted molar refractivity (Wildman–Crippen MR) is 104 cm³/mol. The van der Waals surface area contributed by atoms with Crippen LogP contribution in [0, 0.1) is 0 Å². The molecule has 0 aliphatic carbocycles. The number of hydrazine groups is 1. The lowest BCUT2D eigenvalue weighted by atomic mass is 10.1. The Kier molecular flexibility index (Phi) is 7.13. The summed E-state index contributed by atoms with van der Waals surface area (Å²) in [5, 5.41) is 6.10. The lowest BCUT2D eigenvalue weighted by Crippen LogP contribution is -2.49. The van der Waals surface area contributed by atoms with Crippen molar-refractivity contribution in [2.45, 2.75) is 12.8 Å². The number of benzene rings is 2. The van der Waals surface area contributed by atoms with Crippen molar-refractivity contribution in [3.8, 4) is 0 Å². The molecule has 0 saturated carbocycles. The van der Waals surface area contributed by atoms with Crippen LogP contribution in [-0.4, -0.2) is 16.1 Å². The number of para-hydroxylation sites is 1. The fourth-order valence-electron chi connectivity index (χ4n) is 1.92. The van der Waals surface area contributed by atoms with E-state index in [1.807, 2.05) is 60.7 Å². The van der Waals surface area contributed by atoms with E-state index in [4.69, 9.17) is 24.4 Å². The van der Waals surface area contributed by atoms with Gasteiger partial charge in [-0.15, -0.1) is 0 Å². The number of carbonyl (C=O) groups is 1. The van der Waals surface area contributed by atoms with Crippen LogP contribution in [0.1, 0.15) is 12.0 Å². The van der Waals surface area contributed by atoms with Gasteiger partial charge in [0.25, 0.3) is 0 Å². The Balaban J connectivity index is 1.65. The molecule has 2 aromatic carbocycles. The molecular weight excluding hydrogens is 340 g/mol. The summed E-state index contributed by atoms with van der Waals surface area (Å²) in [6.45, 7) is 0. The van der Waals surface area contributed by atoms with Crippen LogP contribution in [0.2, 0.25) is 0 Å². The van der Waals surface area contributed by atoms with Gasteiger partial charge in [-0.25, -0.2) is 0 Å². The molecule has 0 bridgehead atoms. The van der Waals surface area contributed by atoms with Gasteiger partial charge in [0, 0.05) is 12.1 Å². The molecule has 0 atom stereocenters. The molecule has 24 heavy (non-hydrogen) atoms. The van der Waals surface area contributed by atoms with Crippen molar-refractivity contribution in [2.75, 3.05) is 5.32 Å². The van der Waals surface area contributed by atoms with Crippen LogP contribution >= 0.6 is 24.4 Å². The van der Waals surface area contributed by atoms with Crippen molar-refractivity contribution in [2.24, 2.45) is 0 Å². The highest BCUT2D eigenvalue weighted by Gasteiger charge is 2.05. The summed E-state index contributed by atoms with van der Waals surface area (Å²) in [7, 11) is 0. The van der Waals surface area contributed by atoms with Crippen LogP contribution in [0.25, 0.3) is 0 Å². The Bertz CT molecular complexity index is 692. The molecule has 5 nitrogen and oxygen atoms in total. The Morgan fingerprint density at radius 3 is 2.08 bits per heavy atom. The summed E-state index contributed by atoms with van der Waals surface area (Å²) in [5.74, 6) is -0.153. The molecule has 4 N–H and O–H groups in total. The third-order valence-electron chi connectivity index (χ3n) is 3.06. The molecule has 0 aromatic heterocycles. The van der Waals surface area contributed by atoms with Crippen LogP contribution in [0.4, 0.5) is 5.69 Å². The van der Waals surface area contributed by atoms with Gasteiger partial charge in [0.2, 0.25) is 5.91 Å². The average Bonchev–Trinajstić information content (AvgIpc) is 2.60. The second-order valence-corrected chi connectivity index (χ2v) is 5.75. The molecule has 2 rings (SSSR count). The van der Waals surface area contributed by atoms with Gasteiger partial charge in [-0.2, -0.15) is 0 Å². The van der Waals surface area contributed by atoms with Crippen molar-refractivity contribution in [1.29, 1.82) is 0 Å². The summed E-state index contributed by atoms with van der Waals surface area (Å²) in [4.78, 5) is 11.8. The van der Waals surface area contributed by atoms with Gasteiger partial charge in [-0.1, -0.05) is 48.5 Å². The molecule has 2 aromatic rings.